The van der Waals surface area contributed by atoms with Crippen molar-refractivity contribution in [1.29, 1.82) is 0 Å². The highest BCUT2D eigenvalue weighted by atomic mass is 19.3. The summed E-state index contributed by atoms with van der Waals surface area (Å²) < 4.78 is 40.0. The van der Waals surface area contributed by atoms with Gasteiger partial charge < -0.3 is 19.9 Å². The van der Waals surface area contributed by atoms with Crippen LogP contribution in [-0.4, -0.2) is 61.9 Å². The van der Waals surface area contributed by atoms with Crippen LogP contribution in [0, 0.1) is 0 Å². The van der Waals surface area contributed by atoms with E-state index in [4.69, 9.17) is 9.47 Å². The number of hydrogen-bond donors (Lipinski definition) is 2. The Morgan fingerprint density at radius 3 is 2.68 bits per heavy atom. The molecule has 0 spiro atoms. The number of para-hydroxylation sites is 1. The molecule has 2 aliphatic rings. The first-order chi connectivity index (χ1) is 10.6. The van der Waals surface area contributed by atoms with Gasteiger partial charge in [0, 0.05) is 31.7 Å². The van der Waals surface area contributed by atoms with Crippen LogP contribution in [-0.2, 0) is 0 Å². The molecule has 1 aromatic carbocycles. The molecule has 1 atom stereocenters. The van der Waals surface area contributed by atoms with Crippen molar-refractivity contribution >= 4 is 0 Å². The van der Waals surface area contributed by atoms with Gasteiger partial charge >= 0.3 is 0 Å². The van der Waals surface area contributed by atoms with E-state index in [-0.39, 0.29) is 0 Å². The number of fused-ring (bicyclic) bond motifs is 1. The Balaban J connectivity index is 2.02. The molecule has 2 aliphatic heterocycles. The van der Waals surface area contributed by atoms with E-state index in [2.05, 4.69) is 5.32 Å². The minimum atomic E-state index is -3.26. The van der Waals surface area contributed by atoms with Crippen molar-refractivity contribution in [2.24, 2.45) is 0 Å². The molecule has 0 saturated carbocycles. The van der Waals surface area contributed by atoms with Crippen molar-refractivity contribution in [2.75, 3.05) is 46.0 Å². The van der Waals surface area contributed by atoms with E-state index < -0.39 is 18.6 Å². The summed E-state index contributed by atoms with van der Waals surface area (Å²) in [4.78, 5) is 1.69. The van der Waals surface area contributed by atoms with Crippen molar-refractivity contribution in [2.45, 2.75) is 12.0 Å². The fraction of sp³-hybridized carbons (Fsp3) is 0.600. The van der Waals surface area contributed by atoms with Crippen LogP contribution in [0.1, 0.15) is 11.6 Å². The third kappa shape index (κ3) is 2.88. The highest BCUT2D eigenvalue weighted by Gasteiger charge is 2.46. The number of ether oxygens (including phenoxy) is 2. The van der Waals surface area contributed by atoms with Gasteiger partial charge in [-0.2, -0.15) is 0 Å². The third-order valence-electron chi connectivity index (χ3n) is 4.02. The molecule has 1 saturated heterocycles. The number of halogens is 2. The lowest BCUT2D eigenvalue weighted by molar-refractivity contribution is -0.119. The molecular weight excluding hydrogens is 294 g/mol. The Morgan fingerprint density at radius 1 is 1.23 bits per heavy atom. The molecule has 22 heavy (non-hydrogen) atoms. The molecule has 1 aromatic rings. The second kappa shape index (κ2) is 6.36. The van der Waals surface area contributed by atoms with Gasteiger partial charge in [0.15, 0.2) is 11.5 Å². The molecule has 2 N–H and O–H groups in total. The number of aliphatic hydroxyl groups excluding tert-OH is 1. The van der Waals surface area contributed by atoms with Gasteiger partial charge in [0.1, 0.15) is 25.9 Å². The zero-order valence-electron chi connectivity index (χ0n) is 12.2. The Morgan fingerprint density at radius 2 is 1.95 bits per heavy atom. The molecule has 0 unspecified atom stereocenters. The van der Waals surface area contributed by atoms with Crippen LogP contribution in [0.5, 0.6) is 11.5 Å². The SMILES string of the molecule is OCC(F)(F)[C@@H](c1cccc2c1OCCO2)N1CCNCC1. The molecule has 0 aliphatic carbocycles. The van der Waals surface area contributed by atoms with Crippen LogP contribution in [0.3, 0.4) is 0 Å². The lowest BCUT2D eigenvalue weighted by atomic mass is 9.96. The van der Waals surface area contributed by atoms with E-state index in [1.54, 1.807) is 23.1 Å². The maximum Gasteiger partial charge on any atom is 0.290 e. The number of nitrogens with one attached hydrogen (secondary N) is 1. The Kier molecular flexibility index (Phi) is 4.46. The van der Waals surface area contributed by atoms with Crippen LogP contribution in [0.15, 0.2) is 18.2 Å². The zero-order chi connectivity index (χ0) is 15.6. The molecule has 5 nitrogen and oxygen atoms in total. The van der Waals surface area contributed by atoms with Gasteiger partial charge in [-0.25, -0.2) is 8.78 Å². The second-order valence-electron chi connectivity index (χ2n) is 5.48. The summed E-state index contributed by atoms with van der Waals surface area (Å²) in [6.07, 6.45) is 0. The molecule has 1 fully saturated rings. The van der Waals surface area contributed by atoms with Crippen LogP contribution >= 0.6 is 0 Å². The quantitative estimate of drug-likeness (QED) is 0.869. The van der Waals surface area contributed by atoms with E-state index in [1.165, 1.54) is 0 Å². The maximum atomic E-state index is 14.4. The second-order valence-corrected chi connectivity index (χ2v) is 5.48. The number of piperazine rings is 1. The largest absolute Gasteiger partial charge is 0.486 e. The molecule has 0 bridgehead atoms. The lowest BCUT2D eigenvalue weighted by Crippen LogP contribution is -2.51. The number of aliphatic hydroxyl groups is 1. The van der Waals surface area contributed by atoms with Crippen LogP contribution < -0.4 is 14.8 Å². The van der Waals surface area contributed by atoms with E-state index >= 15 is 0 Å². The zero-order valence-corrected chi connectivity index (χ0v) is 12.2. The Labute approximate surface area is 127 Å². The summed E-state index contributed by atoms with van der Waals surface area (Å²) in [5.74, 6) is -2.41. The number of rotatable bonds is 4. The molecule has 7 heteroatoms. The fourth-order valence-electron chi connectivity index (χ4n) is 3.03. The van der Waals surface area contributed by atoms with Gasteiger partial charge in [-0.1, -0.05) is 12.1 Å². The summed E-state index contributed by atoms with van der Waals surface area (Å²) in [5, 5.41) is 12.3. The average molecular weight is 314 g/mol. The molecule has 0 aromatic heterocycles. The van der Waals surface area contributed by atoms with Crippen molar-refractivity contribution in [3.05, 3.63) is 23.8 Å². The summed E-state index contributed by atoms with van der Waals surface area (Å²) in [6.45, 7) is 1.81. The fourth-order valence-corrected chi connectivity index (χ4v) is 3.03. The molecule has 122 valence electrons. The molecular formula is C15H20F2N2O3. The number of benzene rings is 1. The summed E-state index contributed by atoms with van der Waals surface area (Å²) in [6, 6.07) is 3.80. The van der Waals surface area contributed by atoms with Gasteiger partial charge in [-0.3, -0.25) is 4.90 Å². The van der Waals surface area contributed by atoms with Crippen molar-refractivity contribution in [1.82, 2.24) is 10.2 Å². The Hall–Kier alpha value is -1.44. The first-order valence-corrected chi connectivity index (χ1v) is 7.45. The van der Waals surface area contributed by atoms with E-state index in [9.17, 15) is 13.9 Å². The smallest absolute Gasteiger partial charge is 0.290 e. The Bertz CT molecular complexity index is 522. The summed E-state index contributed by atoms with van der Waals surface area (Å²) in [5.41, 5.74) is 0.373. The van der Waals surface area contributed by atoms with Crippen molar-refractivity contribution in [3.8, 4) is 11.5 Å². The van der Waals surface area contributed by atoms with Gasteiger partial charge in [-0.15, -0.1) is 0 Å². The van der Waals surface area contributed by atoms with E-state index in [0.29, 0.717) is 56.5 Å². The third-order valence-corrected chi connectivity index (χ3v) is 4.02. The first-order valence-electron chi connectivity index (χ1n) is 7.45. The van der Waals surface area contributed by atoms with Gasteiger partial charge in [-0.05, 0) is 6.07 Å². The highest BCUT2D eigenvalue weighted by Crippen LogP contribution is 2.44. The molecule has 2 heterocycles. The standard InChI is InChI=1S/C15H20F2N2O3/c16-15(17,10-20)14(19-6-4-18-5-7-19)11-2-1-3-12-13(11)22-9-8-21-12/h1-3,14,18,20H,4-10H2/t14-/m1/s1. The molecule has 0 radical (unpaired) electrons. The molecule has 3 rings (SSSR count). The lowest BCUT2D eigenvalue weighted by Gasteiger charge is -2.39. The first kappa shape index (κ1) is 15.5. The van der Waals surface area contributed by atoms with E-state index in [0.717, 1.165) is 0 Å². The van der Waals surface area contributed by atoms with Gasteiger partial charge in [0.25, 0.3) is 5.92 Å². The number of hydrogen-bond acceptors (Lipinski definition) is 5. The average Bonchev–Trinajstić information content (AvgIpc) is 2.56. The topological polar surface area (TPSA) is 54.0 Å². The van der Waals surface area contributed by atoms with Gasteiger partial charge in [0.2, 0.25) is 0 Å². The van der Waals surface area contributed by atoms with Crippen molar-refractivity contribution in [3.63, 3.8) is 0 Å². The minimum absolute atomic E-state index is 0.336. The predicted octanol–water partition coefficient (Wildman–Crippen LogP) is 1.03. The molecule has 0 amide bonds. The van der Waals surface area contributed by atoms with Crippen molar-refractivity contribution < 1.29 is 23.4 Å². The highest BCUT2D eigenvalue weighted by molar-refractivity contribution is 5.49. The van der Waals surface area contributed by atoms with Crippen LogP contribution in [0.2, 0.25) is 0 Å². The van der Waals surface area contributed by atoms with Crippen LogP contribution in [0.4, 0.5) is 8.78 Å². The predicted molar refractivity (Wildman–Crippen MR) is 76.6 cm³/mol. The van der Waals surface area contributed by atoms with E-state index in [1.807, 2.05) is 0 Å². The number of nitrogens with zero attached hydrogens (tertiary/aromatic N) is 1. The minimum Gasteiger partial charge on any atom is -0.486 e. The summed E-state index contributed by atoms with van der Waals surface area (Å²) >= 11 is 0. The maximum absolute atomic E-state index is 14.4. The number of alkyl halides is 2. The van der Waals surface area contributed by atoms with Gasteiger partial charge in [0.05, 0.1) is 0 Å². The van der Waals surface area contributed by atoms with Crippen LogP contribution in [0.25, 0.3) is 0 Å². The monoisotopic (exact) mass is 314 g/mol. The summed E-state index contributed by atoms with van der Waals surface area (Å²) in [7, 11) is 0. The normalized spacial score (nSPS) is 20.7.